The molecule has 4 heteroatoms. The van der Waals surface area contributed by atoms with Crippen LogP contribution in [0, 0.1) is 0 Å². The van der Waals surface area contributed by atoms with Gasteiger partial charge in [-0.15, -0.1) is 0 Å². The number of fused-ring (bicyclic) bond motifs is 5. The van der Waals surface area contributed by atoms with Gasteiger partial charge in [0, 0.05) is 21.4 Å². The van der Waals surface area contributed by atoms with Gasteiger partial charge in [0.15, 0.2) is 0 Å². The van der Waals surface area contributed by atoms with Gasteiger partial charge in [-0.3, -0.25) is 9.97 Å². The van der Waals surface area contributed by atoms with Crippen molar-refractivity contribution in [1.82, 2.24) is 14.5 Å². The molecule has 30 heavy (non-hydrogen) atoms. The lowest BCUT2D eigenvalue weighted by atomic mass is 10.0. The molecule has 0 radical (unpaired) electrons. The number of hydrogen-bond acceptors (Lipinski definition) is 2. The van der Waals surface area contributed by atoms with Gasteiger partial charge in [0.05, 0.1) is 34.3 Å². The van der Waals surface area contributed by atoms with Crippen molar-refractivity contribution in [3.8, 4) is 17.1 Å². The first-order chi connectivity index (χ1) is 14.8. The predicted molar refractivity (Wildman–Crippen MR) is 127 cm³/mol. The number of halogens is 1. The summed E-state index contributed by atoms with van der Waals surface area (Å²) in [6.07, 6.45) is 3.72. The molecule has 6 rings (SSSR count). The molecule has 0 aliphatic carbocycles. The average Bonchev–Trinajstić information content (AvgIpc) is 3.13. The van der Waals surface area contributed by atoms with Gasteiger partial charge in [0.2, 0.25) is 0 Å². The highest BCUT2D eigenvalue weighted by Crippen LogP contribution is 2.37. The van der Waals surface area contributed by atoms with Crippen molar-refractivity contribution in [1.29, 1.82) is 0 Å². The van der Waals surface area contributed by atoms with Crippen molar-refractivity contribution in [3.63, 3.8) is 0 Å². The molecule has 0 saturated carbocycles. The molecule has 0 fully saturated rings. The van der Waals surface area contributed by atoms with Crippen molar-refractivity contribution >= 4 is 48.5 Å². The van der Waals surface area contributed by atoms with Crippen LogP contribution in [-0.2, 0) is 0 Å². The highest BCUT2D eigenvalue weighted by Gasteiger charge is 2.15. The van der Waals surface area contributed by atoms with E-state index in [1.165, 1.54) is 27.1 Å². The molecule has 0 N–H and O–H groups in total. The first kappa shape index (κ1) is 17.4. The van der Waals surface area contributed by atoms with Gasteiger partial charge in [-0.1, -0.05) is 52.3 Å². The van der Waals surface area contributed by atoms with Gasteiger partial charge in [-0.2, -0.15) is 0 Å². The highest BCUT2D eigenvalue weighted by molar-refractivity contribution is 9.10. The quantitative estimate of drug-likeness (QED) is 0.280. The van der Waals surface area contributed by atoms with Crippen LogP contribution in [0.15, 0.2) is 102 Å². The maximum Gasteiger partial charge on any atom is 0.0887 e. The Labute approximate surface area is 181 Å². The van der Waals surface area contributed by atoms with Crippen LogP contribution in [0.3, 0.4) is 0 Å². The molecule has 0 spiro atoms. The molecule has 3 aromatic heterocycles. The second-order valence-corrected chi connectivity index (χ2v) is 8.21. The summed E-state index contributed by atoms with van der Waals surface area (Å²) in [5, 5.41) is 4.99. The van der Waals surface area contributed by atoms with E-state index in [0.717, 1.165) is 27.1 Å². The molecular weight excluding hydrogens is 434 g/mol. The Morgan fingerprint density at radius 1 is 0.667 bits per heavy atom. The van der Waals surface area contributed by atoms with Crippen LogP contribution >= 0.6 is 15.9 Å². The van der Waals surface area contributed by atoms with Crippen LogP contribution in [0.25, 0.3) is 49.7 Å². The number of nitrogens with zero attached hydrogens (tertiary/aromatic N) is 3. The summed E-state index contributed by atoms with van der Waals surface area (Å²) in [7, 11) is 0. The van der Waals surface area contributed by atoms with Crippen molar-refractivity contribution in [2.45, 2.75) is 0 Å². The van der Waals surface area contributed by atoms with Crippen LogP contribution in [0.1, 0.15) is 0 Å². The molecule has 3 nitrogen and oxygen atoms in total. The second-order valence-electron chi connectivity index (χ2n) is 7.29. The predicted octanol–water partition coefficient (Wildman–Crippen LogP) is 7.16. The minimum atomic E-state index is 0.869. The van der Waals surface area contributed by atoms with E-state index in [1.54, 1.807) is 6.20 Å². The lowest BCUT2D eigenvalue weighted by molar-refractivity contribution is 1.14. The molecule has 6 aromatic rings. The fraction of sp³-hybridized carbons (Fsp3) is 0. The summed E-state index contributed by atoms with van der Waals surface area (Å²) in [5.41, 5.74) is 5.12. The fourth-order valence-electron chi connectivity index (χ4n) is 4.22. The molecule has 0 atom stereocenters. The lowest BCUT2D eigenvalue weighted by Gasteiger charge is -2.09. The summed E-state index contributed by atoms with van der Waals surface area (Å²) in [6, 6.07) is 29.4. The maximum atomic E-state index is 4.71. The van der Waals surface area contributed by atoms with Gasteiger partial charge in [0.1, 0.15) is 0 Å². The zero-order valence-corrected chi connectivity index (χ0v) is 17.5. The summed E-state index contributed by atoms with van der Waals surface area (Å²) < 4.78 is 3.37. The Bertz CT molecular complexity index is 1530. The van der Waals surface area contributed by atoms with Crippen LogP contribution in [0.5, 0.6) is 0 Å². The topological polar surface area (TPSA) is 30.7 Å². The van der Waals surface area contributed by atoms with Crippen molar-refractivity contribution in [3.05, 3.63) is 102 Å². The van der Waals surface area contributed by atoms with E-state index in [2.05, 4.69) is 86.1 Å². The van der Waals surface area contributed by atoms with E-state index in [4.69, 9.17) is 4.98 Å². The second kappa shape index (κ2) is 6.78. The Balaban J connectivity index is 1.65. The van der Waals surface area contributed by atoms with Crippen LogP contribution in [0.2, 0.25) is 0 Å². The summed E-state index contributed by atoms with van der Waals surface area (Å²) in [4.78, 5) is 9.12. The zero-order valence-electron chi connectivity index (χ0n) is 16.0. The molecule has 0 saturated heterocycles. The van der Waals surface area contributed by atoms with E-state index in [9.17, 15) is 0 Å². The first-order valence-electron chi connectivity index (χ1n) is 9.79. The highest BCUT2D eigenvalue weighted by atomic mass is 79.9. The van der Waals surface area contributed by atoms with E-state index in [0.29, 0.717) is 0 Å². The molecule has 0 bridgehead atoms. The summed E-state index contributed by atoms with van der Waals surface area (Å²) in [6.45, 7) is 0. The maximum absolute atomic E-state index is 4.71. The number of rotatable bonds is 2. The van der Waals surface area contributed by atoms with Crippen molar-refractivity contribution in [2.75, 3.05) is 0 Å². The average molecular weight is 450 g/mol. The standard InChI is InChI=1S/C26H16BrN3/c27-18-9-13-24-21(15-18)26-20-6-2-1-5-17(20)8-12-25(26)30(24)19-10-11-23(29-16-19)22-7-3-4-14-28-22/h1-16H. The zero-order chi connectivity index (χ0) is 20.1. The molecular formula is C26H16BrN3. The van der Waals surface area contributed by atoms with Crippen LogP contribution in [0.4, 0.5) is 0 Å². The van der Waals surface area contributed by atoms with Gasteiger partial charge in [-0.25, -0.2) is 0 Å². The molecule has 0 aliphatic heterocycles. The molecule has 0 amide bonds. The minimum Gasteiger partial charge on any atom is -0.308 e. The number of aromatic nitrogens is 3. The summed E-state index contributed by atoms with van der Waals surface area (Å²) >= 11 is 3.65. The Morgan fingerprint density at radius 3 is 2.33 bits per heavy atom. The van der Waals surface area contributed by atoms with Gasteiger partial charge in [-0.05, 0) is 59.3 Å². The SMILES string of the molecule is Brc1ccc2c(c1)c1c3ccccc3ccc1n2-c1ccc(-c2ccccn2)nc1. The van der Waals surface area contributed by atoms with E-state index in [1.807, 2.05) is 30.5 Å². The first-order valence-corrected chi connectivity index (χ1v) is 10.6. The smallest absolute Gasteiger partial charge is 0.0887 e. The molecule has 142 valence electrons. The number of hydrogen-bond donors (Lipinski definition) is 0. The minimum absolute atomic E-state index is 0.869. The van der Waals surface area contributed by atoms with Crippen molar-refractivity contribution < 1.29 is 0 Å². The number of pyridine rings is 2. The largest absolute Gasteiger partial charge is 0.308 e. The van der Waals surface area contributed by atoms with E-state index in [-0.39, 0.29) is 0 Å². The van der Waals surface area contributed by atoms with Crippen molar-refractivity contribution in [2.24, 2.45) is 0 Å². The Morgan fingerprint density at radius 2 is 1.50 bits per heavy atom. The molecule has 3 heterocycles. The third-order valence-corrected chi connectivity index (χ3v) is 6.04. The van der Waals surface area contributed by atoms with Gasteiger partial charge in [0.25, 0.3) is 0 Å². The van der Waals surface area contributed by atoms with E-state index < -0.39 is 0 Å². The third-order valence-electron chi connectivity index (χ3n) is 5.55. The lowest BCUT2D eigenvalue weighted by Crippen LogP contribution is -1.96. The van der Waals surface area contributed by atoms with Gasteiger partial charge >= 0.3 is 0 Å². The van der Waals surface area contributed by atoms with Gasteiger partial charge < -0.3 is 4.57 Å². The van der Waals surface area contributed by atoms with E-state index >= 15 is 0 Å². The Hall–Kier alpha value is -3.50. The third kappa shape index (κ3) is 2.65. The van der Waals surface area contributed by atoms with Crippen LogP contribution < -0.4 is 0 Å². The molecule has 0 aliphatic rings. The normalized spacial score (nSPS) is 11.5. The number of benzene rings is 3. The molecule has 0 unspecified atom stereocenters. The summed E-state index contributed by atoms with van der Waals surface area (Å²) in [5.74, 6) is 0. The van der Waals surface area contributed by atoms with Crippen LogP contribution in [-0.4, -0.2) is 14.5 Å². The monoisotopic (exact) mass is 449 g/mol. The molecule has 3 aromatic carbocycles. The Kier molecular flexibility index (Phi) is 3.93. The fourth-order valence-corrected chi connectivity index (χ4v) is 4.59.